The first-order valence-electron chi connectivity index (χ1n) is 11.5. The van der Waals surface area contributed by atoms with Gasteiger partial charge in [-0.1, -0.05) is 66.4 Å². The zero-order valence-corrected chi connectivity index (χ0v) is 20.6. The number of hydrogen-bond donors (Lipinski definition) is 1. The minimum Gasteiger partial charge on any atom is -0.460 e. The molecule has 2 saturated heterocycles. The number of esters is 1. The quantitative estimate of drug-likeness (QED) is 0.267. The highest BCUT2D eigenvalue weighted by atomic mass is 32.2. The molecule has 0 bridgehead atoms. The standard InChI is InChI=1S/C27H24N2O4S2/c30-25-24(35-27(34)29(25)16-18-5-2-1-3-6-18)15-22-12-13-23(33-22)19-8-10-20(11-9-19)26(31)32-17-21-7-4-14-28-21/h1-3,5-6,8-13,15,21,28H,4,7,14,16-17H2/b24-15+. The number of hydrogen-bond acceptors (Lipinski definition) is 7. The van der Waals surface area contributed by atoms with Crippen LogP contribution in [0.5, 0.6) is 0 Å². The van der Waals surface area contributed by atoms with Crippen molar-refractivity contribution in [2.45, 2.75) is 25.4 Å². The summed E-state index contributed by atoms with van der Waals surface area (Å²) in [5, 5.41) is 3.31. The van der Waals surface area contributed by atoms with Gasteiger partial charge in [0.2, 0.25) is 0 Å². The van der Waals surface area contributed by atoms with Gasteiger partial charge < -0.3 is 14.5 Å². The minimum absolute atomic E-state index is 0.127. The first-order chi connectivity index (χ1) is 17.1. The molecule has 0 saturated carbocycles. The molecule has 1 aromatic heterocycles. The number of nitrogens with zero attached hydrogens (tertiary/aromatic N) is 1. The van der Waals surface area contributed by atoms with Crippen LogP contribution in [0.2, 0.25) is 0 Å². The Morgan fingerprint density at radius 2 is 1.94 bits per heavy atom. The van der Waals surface area contributed by atoms with Gasteiger partial charge in [0.25, 0.3) is 5.91 Å². The van der Waals surface area contributed by atoms with E-state index in [-0.39, 0.29) is 17.9 Å². The van der Waals surface area contributed by atoms with Gasteiger partial charge in [-0.3, -0.25) is 9.69 Å². The second-order valence-electron chi connectivity index (χ2n) is 8.42. The van der Waals surface area contributed by atoms with Crippen LogP contribution >= 0.6 is 24.0 Å². The third-order valence-corrected chi connectivity index (χ3v) is 7.32. The summed E-state index contributed by atoms with van der Waals surface area (Å²) in [6.45, 7) is 1.81. The Labute approximate surface area is 213 Å². The van der Waals surface area contributed by atoms with Crippen molar-refractivity contribution in [1.29, 1.82) is 0 Å². The SMILES string of the molecule is O=C(OCC1CCCN1)c1ccc(-c2ccc(/C=C3/SC(=S)N(Cc4ccccc4)C3=O)o2)cc1. The maximum atomic E-state index is 12.9. The number of amides is 1. The van der Waals surface area contributed by atoms with E-state index in [2.05, 4.69) is 5.32 Å². The average Bonchev–Trinajstić information content (AvgIpc) is 3.62. The maximum absolute atomic E-state index is 12.9. The van der Waals surface area contributed by atoms with Crippen LogP contribution in [0.4, 0.5) is 0 Å². The zero-order chi connectivity index (χ0) is 24.2. The van der Waals surface area contributed by atoms with Crippen molar-refractivity contribution in [2.75, 3.05) is 13.2 Å². The summed E-state index contributed by atoms with van der Waals surface area (Å²) < 4.78 is 11.9. The summed E-state index contributed by atoms with van der Waals surface area (Å²) in [5.74, 6) is 0.749. The smallest absolute Gasteiger partial charge is 0.338 e. The highest BCUT2D eigenvalue weighted by Gasteiger charge is 2.32. The molecule has 178 valence electrons. The van der Waals surface area contributed by atoms with Crippen molar-refractivity contribution in [2.24, 2.45) is 0 Å². The highest BCUT2D eigenvalue weighted by molar-refractivity contribution is 8.26. The molecule has 1 N–H and O–H groups in total. The molecule has 1 amide bonds. The van der Waals surface area contributed by atoms with E-state index in [1.165, 1.54) is 11.8 Å². The molecule has 5 rings (SSSR count). The highest BCUT2D eigenvalue weighted by Crippen LogP contribution is 2.34. The van der Waals surface area contributed by atoms with Gasteiger partial charge in [-0.2, -0.15) is 0 Å². The Morgan fingerprint density at radius 3 is 2.69 bits per heavy atom. The maximum Gasteiger partial charge on any atom is 0.338 e. The number of rotatable bonds is 7. The Morgan fingerprint density at radius 1 is 1.14 bits per heavy atom. The molecule has 2 fully saturated rings. The molecule has 0 spiro atoms. The second kappa shape index (κ2) is 10.6. The summed E-state index contributed by atoms with van der Waals surface area (Å²) >= 11 is 6.70. The van der Waals surface area contributed by atoms with E-state index in [1.54, 1.807) is 23.1 Å². The van der Waals surface area contributed by atoms with Gasteiger partial charge in [-0.15, -0.1) is 0 Å². The van der Waals surface area contributed by atoms with E-state index < -0.39 is 0 Å². The van der Waals surface area contributed by atoms with E-state index in [0.29, 0.717) is 39.5 Å². The Kier molecular flexibility index (Phi) is 7.13. The Bertz CT molecular complexity index is 1260. The van der Waals surface area contributed by atoms with Gasteiger partial charge in [0.05, 0.1) is 17.0 Å². The van der Waals surface area contributed by atoms with Gasteiger partial charge in [-0.25, -0.2) is 4.79 Å². The predicted molar refractivity (Wildman–Crippen MR) is 141 cm³/mol. The van der Waals surface area contributed by atoms with E-state index in [4.69, 9.17) is 21.4 Å². The lowest BCUT2D eigenvalue weighted by Gasteiger charge is -2.14. The van der Waals surface area contributed by atoms with Gasteiger partial charge in [0.1, 0.15) is 22.4 Å². The molecule has 0 radical (unpaired) electrons. The molecule has 2 aliphatic heterocycles. The van der Waals surface area contributed by atoms with E-state index >= 15 is 0 Å². The number of ether oxygens (including phenoxy) is 1. The van der Waals surface area contributed by atoms with Crippen LogP contribution in [0.25, 0.3) is 17.4 Å². The van der Waals surface area contributed by atoms with Crippen molar-refractivity contribution in [3.05, 3.63) is 88.5 Å². The van der Waals surface area contributed by atoms with Crippen LogP contribution in [0.15, 0.2) is 76.1 Å². The van der Waals surface area contributed by atoms with Crippen LogP contribution in [-0.2, 0) is 16.1 Å². The average molecular weight is 505 g/mol. The van der Waals surface area contributed by atoms with Crippen molar-refractivity contribution < 1.29 is 18.7 Å². The number of thiocarbonyl (C=S) groups is 1. The molecule has 3 heterocycles. The van der Waals surface area contributed by atoms with E-state index in [0.717, 1.165) is 30.5 Å². The molecule has 1 unspecified atom stereocenters. The summed E-state index contributed by atoms with van der Waals surface area (Å²) in [6.07, 6.45) is 3.87. The molecule has 0 aliphatic carbocycles. The van der Waals surface area contributed by atoms with Crippen molar-refractivity contribution >= 4 is 46.3 Å². The van der Waals surface area contributed by atoms with Crippen molar-refractivity contribution in [3.63, 3.8) is 0 Å². The fourth-order valence-electron chi connectivity index (χ4n) is 4.05. The third-order valence-electron chi connectivity index (χ3n) is 5.94. The van der Waals surface area contributed by atoms with Gasteiger partial charge in [0.15, 0.2) is 0 Å². The van der Waals surface area contributed by atoms with Crippen LogP contribution in [0.3, 0.4) is 0 Å². The van der Waals surface area contributed by atoms with Crippen LogP contribution in [0, 0.1) is 0 Å². The van der Waals surface area contributed by atoms with Gasteiger partial charge >= 0.3 is 5.97 Å². The lowest BCUT2D eigenvalue weighted by Crippen LogP contribution is -2.28. The summed E-state index contributed by atoms with van der Waals surface area (Å²) in [6, 6.07) is 20.8. The molecule has 2 aromatic carbocycles. The molecule has 35 heavy (non-hydrogen) atoms. The van der Waals surface area contributed by atoms with Crippen LogP contribution in [0.1, 0.15) is 34.5 Å². The van der Waals surface area contributed by atoms with Crippen molar-refractivity contribution in [3.8, 4) is 11.3 Å². The lowest BCUT2D eigenvalue weighted by molar-refractivity contribution is -0.122. The number of carbonyl (C=O) groups excluding carboxylic acids is 2. The van der Waals surface area contributed by atoms with Gasteiger partial charge in [0, 0.05) is 17.7 Å². The topological polar surface area (TPSA) is 71.8 Å². The summed E-state index contributed by atoms with van der Waals surface area (Å²) in [5.41, 5.74) is 2.35. The largest absolute Gasteiger partial charge is 0.460 e. The zero-order valence-electron chi connectivity index (χ0n) is 18.9. The molecule has 8 heteroatoms. The number of nitrogens with one attached hydrogen (secondary N) is 1. The van der Waals surface area contributed by atoms with E-state index in [9.17, 15) is 9.59 Å². The van der Waals surface area contributed by atoms with Gasteiger partial charge in [-0.05, 0) is 49.2 Å². The van der Waals surface area contributed by atoms with Crippen molar-refractivity contribution in [1.82, 2.24) is 10.2 Å². The van der Waals surface area contributed by atoms with Crippen LogP contribution < -0.4 is 5.32 Å². The number of benzene rings is 2. The first kappa shape index (κ1) is 23.5. The second-order valence-corrected chi connectivity index (χ2v) is 10.1. The van der Waals surface area contributed by atoms with E-state index in [1.807, 2.05) is 54.6 Å². The van der Waals surface area contributed by atoms with Crippen LogP contribution in [-0.4, -0.2) is 40.3 Å². The molecule has 3 aromatic rings. The summed E-state index contributed by atoms with van der Waals surface area (Å²) in [7, 11) is 0. The summed E-state index contributed by atoms with van der Waals surface area (Å²) in [4.78, 5) is 27.3. The molecular formula is C27H24N2O4S2. The Hall–Kier alpha value is -3.20. The predicted octanol–water partition coefficient (Wildman–Crippen LogP) is 5.26. The monoisotopic (exact) mass is 504 g/mol. The number of furan rings is 1. The first-order valence-corrected chi connectivity index (χ1v) is 12.7. The molecule has 2 aliphatic rings. The fraction of sp³-hybridized carbons (Fsp3) is 0.222. The normalized spacial score (nSPS) is 19.0. The third kappa shape index (κ3) is 5.56. The molecule has 1 atom stereocenters. The minimum atomic E-state index is -0.331. The lowest BCUT2D eigenvalue weighted by atomic mass is 10.1. The fourth-order valence-corrected chi connectivity index (χ4v) is 5.28. The molecule has 6 nitrogen and oxygen atoms in total. The number of thioether (sulfide) groups is 1. The molecular weight excluding hydrogens is 480 g/mol. The Balaban J connectivity index is 1.23. The number of carbonyl (C=O) groups is 2.